The Bertz CT molecular complexity index is 643. The van der Waals surface area contributed by atoms with Gasteiger partial charge in [0.25, 0.3) is 0 Å². The number of carbonyl (C=O) groups excluding carboxylic acids is 1. The van der Waals surface area contributed by atoms with Gasteiger partial charge >= 0.3 is 6.03 Å². The molecule has 1 fully saturated rings. The molecule has 1 saturated heterocycles. The van der Waals surface area contributed by atoms with Gasteiger partial charge in [-0.05, 0) is 37.5 Å². The summed E-state index contributed by atoms with van der Waals surface area (Å²) in [6.07, 6.45) is 8.75. The van der Waals surface area contributed by atoms with Gasteiger partial charge in [-0.3, -0.25) is 4.98 Å². The van der Waals surface area contributed by atoms with Crippen LogP contribution in [0, 0.1) is 0 Å². The highest BCUT2D eigenvalue weighted by Gasteiger charge is 2.22. The predicted octanol–water partition coefficient (Wildman–Crippen LogP) is 1.90. The highest BCUT2D eigenvalue weighted by Crippen LogP contribution is 2.15. The minimum atomic E-state index is -0.138. The van der Waals surface area contributed by atoms with E-state index in [0.29, 0.717) is 0 Å². The number of nitrogens with zero attached hydrogens (tertiary/aromatic N) is 4. The monoisotopic (exact) mass is 326 g/mol. The molecule has 0 radical (unpaired) electrons. The minimum absolute atomic E-state index is 0.0727. The first-order valence-electron chi connectivity index (χ1n) is 8.21. The molecule has 24 heavy (non-hydrogen) atoms. The van der Waals surface area contributed by atoms with Crippen molar-refractivity contribution >= 4 is 12.0 Å². The Labute approximate surface area is 141 Å². The summed E-state index contributed by atoms with van der Waals surface area (Å²) < 4.78 is 0. The normalized spacial score (nSPS) is 16.5. The smallest absolute Gasteiger partial charge is 0.315 e. The summed E-state index contributed by atoms with van der Waals surface area (Å²) in [4.78, 5) is 26.9. The lowest BCUT2D eigenvalue weighted by molar-refractivity contribution is 0.231. The van der Waals surface area contributed by atoms with Crippen LogP contribution < -0.4 is 15.5 Å². The number of pyridine rings is 1. The van der Waals surface area contributed by atoms with Gasteiger partial charge in [0.1, 0.15) is 0 Å². The van der Waals surface area contributed by atoms with Crippen molar-refractivity contribution in [1.29, 1.82) is 0 Å². The zero-order valence-corrected chi connectivity index (χ0v) is 13.7. The second kappa shape index (κ2) is 7.72. The zero-order chi connectivity index (χ0) is 16.8. The van der Waals surface area contributed by atoms with E-state index < -0.39 is 0 Å². The van der Waals surface area contributed by atoms with Crippen molar-refractivity contribution in [3.63, 3.8) is 0 Å². The summed E-state index contributed by atoms with van der Waals surface area (Å²) in [6, 6.07) is 5.60. The number of nitrogens with one attached hydrogen (secondary N) is 2. The number of aromatic nitrogens is 3. The number of rotatable bonds is 4. The molecular weight excluding hydrogens is 304 g/mol. The van der Waals surface area contributed by atoms with Crippen LogP contribution in [0.1, 0.15) is 31.4 Å². The zero-order valence-electron chi connectivity index (χ0n) is 13.7. The molecule has 0 bridgehead atoms. The van der Waals surface area contributed by atoms with Gasteiger partial charge in [0.05, 0.1) is 6.04 Å². The van der Waals surface area contributed by atoms with E-state index in [2.05, 4.69) is 30.5 Å². The molecule has 2 amide bonds. The van der Waals surface area contributed by atoms with E-state index in [-0.39, 0.29) is 18.1 Å². The van der Waals surface area contributed by atoms with Gasteiger partial charge in [0.15, 0.2) is 0 Å². The first kappa shape index (κ1) is 16.2. The first-order chi connectivity index (χ1) is 11.7. The number of anilines is 1. The number of amides is 2. The van der Waals surface area contributed by atoms with E-state index in [1.165, 1.54) is 0 Å². The third-order valence-corrected chi connectivity index (χ3v) is 4.20. The third kappa shape index (κ3) is 4.18. The van der Waals surface area contributed by atoms with Crippen molar-refractivity contribution < 1.29 is 4.79 Å². The number of hydrogen-bond acceptors (Lipinski definition) is 5. The van der Waals surface area contributed by atoms with Crippen LogP contribution in [0.2, 0.25) is 0 Å². The molecule has 0 aliphatic carbocycles. The number of hydrogen-bond donors (Lipinski definition) is 2. The molecule has 0 saturated carbocycles. The van der Waals surface area contributed by atoms with E-state index in [9.17, 15) is 4.79 Å². The molecule has 1 aliphatic rings. The van der Waals surface area contributed by atoms with Gasteiger partial charge in [-0.1, -0.05) is 6.07 Å². The molecule has 2 aromatic rings. The van der Waals surface area contributed by atoms with Crippen LogP contribution in [0.4, 0.5) is 10.7 Å². The minimum Gasteiger partial charge on any atom is -0.341 e. The Morgan fingerprint density at radius 1 is 1.21 bits per heavy atom. The van der Waals surface area contributed by atoms with E-state index in [1.54, 1.807) is 24.8 Å². The van der Waals surface area contributed by atoms with Crippen LogP contribution in [0.25, 0.3) is 0 Å². The van der Waals surface area contributed by atoms with Gasteiger partial charge in [-0.15, -0.1) is 0 Å². The van der Waals surface area contributed by atoms with Crippen molar-refractivity contribution in [2.24, 2.45) is 0 Å². The summed E-state index contributed by atoms with van der Waals surface area (Å²) in [6.45, 7) is 3.63. The Morgan fingerprint density at radius 2 is 1.96 bits per heavy atom. The Kier molecular flexibility index (Phi) is 5.20. The van der Waals surface area contributed by atoms with E-state index in [4.69, 9.17) is 0 Å². The van der Waals surface area contributed by atoms with Crippen LogP contribution in [0.5, 0.6) is 0 Å². The second-order valence-corrected chi connectivity index (χ2v) is 5.94. The van der Waals surface area contributed by atoms with Crippen molar-refractivity contribution in [2.75, 3.05) is 18.0 Å². The molecule has 3 heterocycles. The fourth-order valence-corrected chi connectivity index (χ4v) is 2.82. The van der Waals surface area contributed by atoms with Crippen molar-refractivity contribution in [3.8, 4) is 0 Å². The van der Waals surface area contributed by atoms with Gasteiger partial charge in [-0.25, -0.2) is 14.8 Å². The van der Waals surface area contributed by atoms with E-state index in [1.807, 2.05) is 25.1 Å². The maximum Gasteiger partial charge on any atom is 0.315 e. The number of piperidine rings is 1. The van der Waals surface area contributed by atoms with E-state index >= 15 is 0 Å². The van der Waals surface area contributed by atoms with Crippen LogP contribution in [0.15, 0.2) is 43.0 Å². The Hall–Kier alpha value is -2.70. The molecule has 0 spiro atoms. The molecule has 0 unspecified atom stereocenters. The molecule has 1 atom stereocenters. The number of urea groups is 1. The fraction of sp³-hybridized carbons (Fsp3) is 0.412. The van der Waals surface area contributed by atoms with Crippen LogP contribution >= 0.6 is 0 Å². The molecule has 0 aromatic carbocycles. The maximum absolute atomic E-state index is 12.2. The topological polar surface area (TPSA) is 83.0 Å². The summed E-state index contributed by atoms with van der Waals surface area (Å²) in [7, 11) is 0. The Morgan fingerprint density at radius 3 is 2.62 bits per heavy atom. The molecule has 7 nitrogen and oxygen atoms in total. The summed E-state index contributed by atoms with van der Waals surface area (Å²) in [5, 5.41) is 6.01. The largest absolute Gasteiger partial charge is 0.341 e. The van der Waals surface area contributed by atoms with Crippen LogP contribution in [-0.2, 0) is 0 Å². The van der Waals surface area contributed by atoms with Gasteiger partial charge in [-0.2, -0.15) is 0 Å². The Balaban J connectivity index is 1.45. The standard InChI is InChI=1S/C17H22N6O/c1-13(14-4-2-7-18-12-14)21-17(24)22-15-5-10-23(11-6-15)16-19-8-3-9-20-16/h2-4,7-9,12-13,15H,5-6,10-11H2,1H3,(H2,21,22,24)/t13-/m1/s1. The third-order valence-electron chi connectivity index (χ3n) is 4.20. The SMILES string of the molecule is C[C@@H](NC(=O)NC1CCN(c2ncccn2)CC1)c1cccnc1. The maximum atomic E-state index is 12.2. The lowest BCUT2D eigenvalue weighted by Gasteiger charge is -2.32. The van der Waals surface area contributed by atoms with Gasteiger partial charge in [0.2, 0.25) is 5.95 Å². The molecular formula is C17H22N6O. The number of carbonyl (C=O) groups is 1. The van der Waals surface area contributed by atoms with Crippen molar-refractivity contribution in [3.05, 3.63) is 48.5 Å². The first-order valence-corrected chi connectivity index (χ1v) is 8.21. The molecule has 7 heteroatoms. The van der Waals surface area contributed by atoms with E-state index in [0.717, 1.165) is 37.4 Å². The summed E-state index contributed by atoms with van der Waals surface area (Å²) >= 11 is 0. The quantitative estimate of drug-likeness (QED) is 0.896. The lowest BCUT2D eigenvalue weighted by Crippen LogP contribution is -2.48. The predicted molar refractivity (Wildman–Crippen MR) is 91.6 cm³/mol. The molecule has 1 aliphatic heterocycles. The van der Waals surface area contributed by atoms with Crippen molar-refractivity contribution in [1.82, 2.24) is 25.6 Å². The molecule has 2 aromatic heterocycles. The molecule has 3 rings (SSSR count). The second-order valence-electron chi connectivity index (χ2n) is 5.94. The van der Waals surface area contributed by atoms with Gasteiger partial charge < -0.3 is 15.5 Å². The molecule has 126 valence electrons. The highest BCUT2D eigenvalue weighted by atomic mass is 16.2. The molecule has 2 N–H and O–H groups in total. The lowest BCUT2D eigenvalue weighted by atomic mass is 10.1. The van der Waals surface area contributed by atoms with Gasteiger partial charge in [0, 0.05) is 43.9 Å². The average molecular weight is 326 g/mol. The summed E-state index contributed by atoms with van der Waals surface area (Å²) in [5.74, 6) is 0.755. The van der Waals surface area contributed by atoms with Crippen LogP contribution in [-0.4, -0.2) is 40.1 Å². The average Bonchev–Trinajstić information content (AvgIpc) is 2.64. The highest BCUT2D eigenvalue weighted by molar-refractivity contribution is 5.74. The van der Waals surface area contributed by atoms with Crippen LogP contribution in [0.3, 0.4) is 0 Å². The fourth-order valence-electron chi connectivity index (χ4n) is 2.82. The van der Waals surface area contributed by atoms with Crippen molar-refractivity contribution in [2.45, 2.75) is 31.8 Å². The summed E-state index contributed by atoms with van der Waals surface area (Å²) in [5.41, 5.74) is 0.990.